The number of hydrogen-bond acceptors (Lipinski definition) is 3. The van der Waals surface area contributed by atoms with Crippen molar-refractivity contribution in [3.63, 3.8) is 0 Å². The Kier molecular flexibility index (Phi) is 6.88. The topological polar surface area (TPSA) is 35.6 Å². The zero-order valence-corrected chi connectivity index (χ0v) is 15.6. The van der Waals surface area contributed by atoms with Crippen LogP contribution >= 0.6 is 12.4 Å². The van der Waals surface area contributed by atoms with Crippen molar-refractivity contribution in [2.75, 3.05) is 39.3 Å². The Balaban J connectivity index is 0.00000280. The first-order valence-corrected chi connectivity index (χ1v) is 8.59. The molecule has 0 aliphatic carbocycles. The van der Waals surface area contributed by atoms with Gasteiger partial charge in [0.15, 0.2) is 0 Å². The Morgan fingerprint density at radius 2 is 1.46 bits per heavy atom. The smallest absolute Gasteiger partial charge is 0.337 e. The summed E-state index contributed by atoms with van der Waals surface area (Å²) in [6.45, 7) is 3.84. The number of likely N-dealkylation sites (tertiary alicyclic amines) is 1. The molecule has 158 valence electrons. The molecule has 0 aromatic heterocycles. The zero-order chi connectivity index (χ0) is 19.8. The highest BCUT2D eigenvalue weighted by Gasteiger charge is 2.39. The van der Waals surface area contributed by atoms with Crippen LogP contribution in [-0.4, -0.2) is 61.0 Å². The number of rotatable bonds is 2. The maximum absolute atomic E-state index is 13.0. The second-order valence-corrected chi connectivity index (χ2v) is 6.77. The molecule has 1 atom stereocenters. The van der Waals surface area contributed by atoms with Gasteiger partial charge in [0.2, 0.25) is 0 Å². The van der Waals surface area contributed by atoms with E-state index >= 15 is 0 Å². The number of amides is 1. The minimum absolute atomic E-state index is 0. The molecular formula is C17H20ClF6N3O. The van der Waals surface area contributed by atoms with E-state index in [2.05, 4.69) is 10.2 Å². The van der Waals surface area contributed by atoms with Gasteiger partial charge < -0.3 is 10.2 Å². The number of carbonyl (C=O) groups is 1. The van der Waals surface area contributed by atoms with Crippen molar-refractivity contribution < 1.29 is 31.1 Å². The van der Waals surface area contributed by atoms with E-state index in [0.29, 0.717) is 31.6 Å². The quantitative estimate of drug-likeness (QED) is 0.730. The lowest BCUT2D eigenvalue weighted by Crippen LogP contribution is -2.49. The van der Waals surface area contributed by atoms with Gasteiger partial charge in [0.1, 0.15) is 0 Å². The lowest BCUT2D eigenvalue weighted by Gasteiger charge is -2.32. The van der Waals surface area contributed by atoms with Gasteiger partial charge in [0.25, 0.3) is 5.91 Å². The van der Waals surface area contributed by atoms with Gasteiger partial charge >= 0.3 is 12.4 Å². The Labute approximate surface area is 164 Å². The van der Waals surface area contributed by atoms with Crippen molar-refractivity contribution in [2.24, 2.45) is 0 Å². The summed E-state index contributed by atoms with van der Waals surface area (Å²) in [5.41, 5.74) is -3.53. The first-order chi connectivity index (χ1) is 12.6. The highest BCUT2D eigenvalue weighted by Crippen LogP contribution is 2.36. The number of carbonyl (C=O) groups excluding carboxylic acids is 1. The Morgan fingerprint density at radius 1 is 0.929 bits per heavy atom. The Bertz CT molecular complexity index is 671. The third-order valence-corrected chi connectivity index (χ3v) is 4.95. The average molecular weight is 432 g/mol. The minimum atomic E-state index is -4.97. The SMILES string of the molecule is Cl.O=C(c1cc(C(F)(F)F)cc(C(F)(F)F)c1)N1CCC(N2CCNCC2)C1. The second-order valence-electron chi connectivity index (χ2n) is 6.77. The number of nitrogens with one attached hydrogen (secondary N) is 1. The predicted molar refractivity (Wildman–Crippen MR) is 92.4 cm³/mol. The van der Waals surface area contributed by atoms with Crippen LogP contribution in [0.2, 0.25) is 0 Å². The van der Waals surface area contributed by atoms with Crippen LogP contribution in [0.15, 0.2) is 18.2 Å². The third kappa shape index (κ3) is 5.09. The van der Waals surface area contributed by atoms with E-state index in [9.17, 15) is 31.1 Å². The van der Waals surface area contributed by atoms with Gasteiger partial charge in [-0.2, -0.15) is 26.3 Å². The van der Waals surface area contributed by atoms with Gasteiger partial charge in [-0.3, -0.25) is 9.69 Å². The standard InChI is InChI=1S/C17H19F6N3O.ClH/c18-16(19,20)12-7-11(8-13(9-12)17(21,22)23)15(27)26-4-1-14(10-26)25-5-2-24-3-6-25;/h7-9,14,24H,1-6,10H2;1H. The molecule has 11 heteroatoms. The van der Waals surface area contributed by atoms with E-state index in [0.717, 1.165) is 26.2 Å². The highest BCUT2D eigenvalue weighted by atomic mass is 35.5. The molecule has 0 spiro atoms. The average Bonchev–Trinajstić information content (AvgIpc) is 3.10. The molecule has 1 N–H and O–H groups in total. The predicted octanol–water partition coefficient (Wildman–Crippen LogP) is 3.27. The van der Waals surface area contributed by atoms with Crippen LogP contribution in [0, 0.1) is 0 Å². The van der Waals surface area contributed by atoms with Crippen LogP contribution in [0.5, 0.6) is 0 Å². The number of halogens is 7. The summed E-state index contributed by atoms with van der Waals surface area (Å²) in [5.74, 6) is -0.802. The van der Waals surface area contributed by atoms with Gasteiger partial charge in [-0.25, -0.2) is 0 Å². The summed E-state index contributed by atoms with van der Waals surface area (Å²) < 4.78 is 77.9. The molecule has 0 bridgehead atoms. The lowest BCUT2D eigenvalue weighted by atomic mass is 10.0. The summed E-state index contributed by atoms with van der Waals surface area (Å²) in [6.07, 6.45) is -9.29. The monoisotopic (exact) mass is 431 g/mol. The maximum atomic E-state index is 13.0. The van der Waals surface area contributed by atoms with Gasteiger partial charge in [-0.05, 0) is 24.6 Å². The van der Waals surface area contributed by atoms with E-state index in [1.54, 1.807) is 0 Å². The first-order valence-electron chi connectivity index (χ1n) is 8.59. The molecule has 0 radical (unpaired) electrons. The van der Waals surface area contributed by atoms with Gasteiger partial charge in [0.05, 0.1) is 11.1 Å². The summed E-state index contributed by atoms with van der Waals surface area (Å²) in [6, 6.07) is 1.10. The molecular weight excluding hydrogens is 412 g/mol. The number of piperazine rings is 1. The highest BCUT2D eigenvalue weighted by molar-refractivity contribution is 5.95. The van der Waals surface area contributed by atoms with Crippen LogP contribution in [0.25, 0.3) is 0 Å². The molecule has 2 heterocycles. The molecule has 2 aliphatic rings. The van der Waals surface area contributed by atoms with Crippen molar-refractivity contribution in [3.8, 4) is 0 Å². The Morgan fingerprint density at radius 3 is 1.96 bits per heavy atom. The normalized spacial score (nSPS) is 21.5. The molecule has 2 fully saturated rings. The molecule has 1 amide bonds. The molecule has 1 aromatic carbocycles. The van der Waals surface area contributed by atoms with Gasteiger partial charge in [0, 0.05) is 50.9 Å². The van der Waals surface area contributed by atoms with Crippen molar-refractivity contribution in [2.45, 2.75) is 24.8 Å². The summed E-state index contributed by atoms with van der Waals surface area (Å²) >= 11 is 0. The molecule has 3 rings (SSSR count). The summed E-state index contributed by atoms with van der Waals surface area (Å²) in [4.78, 5) is 16.1. The first kappa shape index (κ1) is 22.8. The molecule has 2 saturated heterocycles. The maximum Gasteiger partial charge on any atom is 0.416 e. The minimum Gasteiger partial charge on any atom is -0.337 e. The van der Waals surface area contributed by atoms with Gasteiger partial charge in [-0.1, -0.05) is 0 Å². The lowest BCUT2D eigenvalue weighted by molar-refractivity contribution is -0.143. The van der Waals surface area contributed by atoms with Crippen molar-refractivity contribution in [1.29, 1.82) is 0 Å². The van der Waals surface area contributed by atoms with Gasteiger partial charge in [-0.15, -0.1) is 12.4 Å². The molecule has 0 saturated carbocycles. The number of hydrogen-bond donors (Lipinski definition) is 1. The molecule has 2 aliphatic heterocycles. The van der Waals surface area contributed by atoms with Crippen molar-refractivity contribution >= 4 is 18.3 Å². The Hall–Kier alpha value is -1.52. The molecule has 1 aromatic rings. The molecule has 4 nitrogen and oxygen atoms in total. The van der Waals surface area contributed by atoms with Crippen LogP contribution in [0.4, 0.5) is 26.3 Å². The van der Waals surface area contributed by atoms with E-state index in [1.165, 1.54) is 4.90 Å². The third-order valence-electron chi connectivity index (χ3n) is 4.95. The second kappa shape index (κ2) is 8.46. The van der Waals surface area contributed by atoms with E-state index in [1.807, 2.05) is 0 Å². The van der Waals surface area contributed by atoms with Crippen LogP contribution < -0.4 is 5.32 Å². The number of alkyl halides is 6. The number of benzene rings is 1. The number of nitrogens with zero attached hydrogens (tertiary/aromatic N) is 2. The van der Waals surface area contributed by atoms with Crippen molar-refractivity contribution in [1.82, 2.24) is 15.1 Å². The zero-order valence-electron chi connectivity index (χ0n) is 14.7. The van der Waals surface area contributed by atoms with E-state index < -0.39 is 35.0 Å². The molecule has 1 unspecified atom stereocenters. The van der Waals surface area contributed by atoms with E-state index in [4.69, 9.17) is 0 Å². The fourth-order valence-electron chi connectivity index (χ4n) is 3.53. The fourth-order valence-corrected chi connectivity index (χ4v) is 3.53. The van der Waals surface area contributed by atoms with Crippen LogP contribution in [0.3, 0.4) is 0 Å². The van der Waals surface area contributed by atoms with E-state index in [-0.39, 0.29) is 24.5 Å². The molecule has 28 heavy (non-hydrogen) atoms. The summed E-state index contributed by atoms with van der Waals surface area (Å²) in [7, 11) is 0. The fraction of sp³-hybridized carbons (Fsp3) is 0.588. The largest absolute Gasteiger partial charge is 0.416 e. The van der Waals surface area contributed by atoms with Crippen LogP contribution in [0.1, 0.15) is 27.9 Å². The summed E-state index contributed by atoms with van der Waals surface area (Å²) in [5, 5.41) is 3.20. The van der Waals surface area contributed by atoms with Crippen molar-refractivity contribution in [3.05, 3.63) is 34.9 Å². The van der Waals surface area contributed by atoms with Crippen LogP contribution in [-0.2, 0) is 12.4 Å².